The fourth-order valence-corrected chi connectivity index (χ4v) is 2.97. The molecule has 1 unspecified atom stereocenters. The lowest BCUT2D eigenvalue weighted by molar-refractivity contribution is -0.139. The zero-order valence-corrected chi connectivity index (χ0v) is 11.7. The molecule has 0 saturated heterocycles. The Hall–Kier alpha value is -2.05. The largest absolute Gasteiger partial charge is 0.420 e. The molecule has 3 rings (SSSR count). The first-order valence-electron chi connectivity index (χ1n) is 6.94. The van der Waals surface area contributed by atoms with E-state index in [9.17, 15) is 22.4 Å². The predicted octanol–water partition coefficient (Wildman–Crippen LogP) is 4.26. The van der Waals surface area contributed by atoms with Crippen LogP contribution in [-0.4, -0.2) is 6.54 Å². The molecule has 0 radical (unpaired) electrons. The lowest BCUT2D eigenvalue weighted by Crippen LogP contribution is -2.19. The monoisotopic (exact) mass is 315 g/mol. The van der Waals surface area contributed by atoms with Crippen molar-refractivity contribution < 1.29 is 22.0 Å². The third-order valence-electron chi connectivity index (χ3n) is 4.05. The quantitative estimate of drug-likeness (QED) is 0.631. The van der Waals surface area contributed by atoms with Gasteiger partial charge in [0.05, 0.1) is 0 Å². The third kappa shape index (κ3) is 2.24. The van der Waals surface area contributed by atoms with Crippen LogP contribution in [0.25, 0.3) is 11.0 Å². The summed E-state index contributed by atoms with van der Waals surface area (Å²) in [6.07, 6.45) is -3.41. The average Bonchev–Trinajstić information content (AvgIpc) is 2.44. The summed E-state index contributed by atoms with van der Waals surface area (Å²) in [7, 11) is 0. The molecule has 1 N–H and O–H groups in total. The predicted molar refractivity (Wildman–Crippen MR) is 73.6 cm³/mol. The van der Waals surface area contributed by atoms with Gasteiger partial charge >= 0.3 is 11.8 Å². The van der Waals surface area contributed by atoms with E-state index in [0.29, 0.717) is 17.8 Å². The van der Waals surface area contributed by atoms with Crippen LogP contribution in [0.4, 0.5) is 23.2 Å². The number of fused-ring (bicyclic) bond motifs is 2. The molecule has 1 aromatic heterocycles. The summed E-state index contributed by atoms with van der Waals surface area (Å²) in [4.78, 5) is 11.3. The van der Waals surface area contributed by atoms with Gasteiger partial charge in [-0.15, -0.1) is 0 Å². The summed E-state index contributed by atoms with van der Waals surface area (Å²) in [5, 5.41) is 2.66. The van der Waals surface area contributed by atoms with E-state index >= 15 is 0 Å². The van der Waals surface area contributed by atoms with Crippen LogP contribution in [0.15, 0.2) is 21.3 Å². The summed E-state index contributed by atoms with van der Waals surface area (Å²) in [5.74, 6) is -1.80. The van der Waals surface area contributed by atoms with Gasteiger partial charge < -0.3 is 9.73 Å². The van der Waals surface area contributed by atoms with Crippen molar-refractivity contribution in [2.45, 2.75) is 31.9 Å². The molecule has 0 aliphatic carbocycles. The number of benzene rings is 1. The van der Waals surface area contributed by atoms with E-state index in [1.165, 1.54) is 12.1 Å². The van der Waals surface area contributed by atoms with Gasteiger partial charge in [0, 0.05) is 23.7 Å². The van der Waals surface area contributed by atoms with Crippen LogP contribution in [0, 0.1) is 5.82 Å². The number of anilines is 1. The minimum Gasteiger partial charge on any atom is -0.420 e. The third-order valence-corrected chi connectivity index (χ3v) is 4.05. The molecule has 22 heavy (non-hydrogen) atoms. The van der Waals surface area contributed by atoms with Gasteiger partial charge in [-0.25, -0.2) is 4.79 Å². The maximum atomic E-state index is 13.7. The van der Waals surface area contributed by atoms with Crippen molar-refractivity contribution >= 4 is 16.7 Å². The Kier molecular flexibility index (Phi) is 3.38. The van der Waals surface area contributed by atoms with E-state index in [0.717, 1.165) is 12.8 Å². The van der Waals surface area contributed by atoms with Crippen molar-refractivity contribution in [2.75, 3.05) is 11.9 Å². The van der Waals surface area contributed by atoms with E-state index in [1.807, 2.05) is 6.92 Å². The lowest BCUT2D eigenvalue weighted by Gasteiger charge is -2.26. The molecule has 7 heteroatoms. The SMILES string of the molecule is CCC1CCNc2cc3oc(=O)c(F)c(C(F)(F)F)c3cc21. The van der Waals surface area contributed by atoms with Gasteiger partial charge in [0.25, 0.3) is 0 Å². The molecule has 1 aliphatic heterocycles. The highest BCUT2D eigenvalue weighted by Crippen LogP contribution is 2.41. The summed E-state index contributed by atoms with van der Waals surface area (Å²) >= 11 is 0. The summed E-state index contributed by atoms with van der Waals surface area (Å²) in [6.45, 7) is 2.63. The van der Waals surface area contributed by atoms with Crippen LogP contribution < -0.4 is 10.9 Å². The maximum absolute atomic E-state index is 13.7. The van der Waals surface area contributed by atoms with E-state index in [1.54, 1.807) is 0 Å². The first kappa shape index (κ1) is 14.9. The summed E-state index contributed by atoms with van der Waals surface area (Å²) in [6, 6.07) is 2.64. The Bertz CT molecular complexity index is 795. The molecule has 1 aliphatic rings. The van der Waals surface area contributed by atoms with E-state index in [4.69, 9.17) is 4.42 Å². The highest BCUT2D eigenvalue weighted by atomic mass is 19.4. The van der Waals surface area contributed by atoms with E-state index in [2.05, 4.69) is 5.32 Å². The van der Waals surface area contributed by atoms with Crippen molar-refractivity contribution in [3.63, 3.8) is 0 Å². The van der Waals surface area contributed by atoms with E-state index in [-0.39, 0.29) is 11.5 Å². The molecule has 0 bridgehead atoms. The first-order valence-corrected chi connectivity index (χ1v) is 6.94. The van der Waals surface area contributed by atoms with Crippen LogP contribution in [-0.2, 0) is 6.18 Å². The highest BCUT2D eigenvalue weighted by Gasteiger charge is 2.39. The molecule has 118 valence electrons. The van der Waals surface area contributed by atoms with Crippen molar-refractivity contribution in [3.05, 3.63) is 39.5 Å². The minimum atomic E-state index is -4.96. The Labute approximate surface area is 122 Å². The number of hydrogen-bond donors (Lipinski definition) is 1. The fraction of sp³-hybridized carbons (Fsp3) is 0.400. The van der Waals surface area contributed by atoms with Crippen molar-refractivity contribution in [2.24, 2.45) is 0 Å². The molecule has 1 atom stereocenters. The van der Waals surface area contributed by atoms with Gasteiger partial charge in [0.1, 0.15) is 11.1 Å². The van der Waals surface area contributed by atoms with Crippen LogP contribution in [0.2, 0.25) is 0 Å². The normalized spacial score (nSPS) is 18.1. The van der Waals surface area contributed by atoms with Crippen LogP contribution in [0.1, 0.15) is 36.8 Å². The fourth-order valence-electron chi connectivity index (χ4n) is 2.97. The minimum absolute atomic E-state index is 0.0942. The zero-order chi connectivity index (χ0) is 16.1. The van der Waals surface area contributed by atoms with E-state index < -0.39 is 28.6 Å². The number of hydrogen-bond acceptors (Lipinski definition) is 3. The molecular formula is C15H13F4NO2. The second kappa shape index (κ2) is 5.00. The molecule has 0 spiro atoms. The Morgan fingerprint density at radius 1 is 1.36 bits per heavy atom. The molecule has 1 aromatic carbocycles. The Morgan fingerprint density at radius 3 is 2.73 bits per heavy atom. The van der Waals surface area contributed by atoms with Crippen LogP contribution in [0.5, 0.6) is 0 Å². The van der Waals surface area contributed by atoms with Crippen molar-refractivity contribution in [1.29, 1.82) is 0 Å². The van der Waals surface area contributed by atoms with Gasteiger partial charge in [0.15, 0.2) is 0 Å². The van der Waals surface area contributed by atoms with Gasteiger partial charge in [0.2, 0.25) is 5.82 Å². The molecule has 0 saturated carbocycles. The van der Waals surface area contributed by atoms with Gasteiger partial charge in [-0.3, -0.25) is 0 Å². The molecule has 3 nitrogen and oxygen atoms in total. The standard InChI is InChI=1S/C15H13F4NO2/c1-2-7-3-4-20-10-6-11-9(5-8(7)10)12(15(17,18)19)13(16)14(21)22-11/h5-7,20H,2-4H2,1H3. The summed E-state index contributed by atoms with van der Waals surface area (Å²) < 4.78 is 57.8. The maximum Gasteiger partial charge on any atom is 0.420 e. The van der Waals surface area contributed by atoms with Gasteiger partial charge in [-0.1, -0.05) is 6.92 Å². The Morgan fingerprint density at radius 2 is 2.09 bits per heavy atom. The van der Waals surface area contributed by atoms with Gasteiger partial charge in [-0.2, -0.15) is 17.6 Å². The molecule has 0 amide bonds. The number of alkyl halides is 3. The molecular weight excluding hydrogens is 302 g/mol. The smallest absolute Gasteiger partial charge is 0.420 e. The Balaban J connectivity index is 2.39. The molecule has 2 heterocycles. The summed E-state index contributed by atoms with van der Waals surface area (Å²) in [5.41, 5.74) is -2.10. The number of nitrogens with one attached hydrogen (secondary N) is 1. The number of halogens is 4. The highest BCUT2D eigenvalue weighted by molar-refractivity contribution is 5.86. The van der Waals surface area contributed by atoms with Crippen molar-refractivity contribution in [3.8, 4) is 0 Å². The topological polar surface area (TPSA) is 42.2 Å². The molecule has 0 fully saturated rings. The van der Waals surface area contributed by atoms with Gasteiger partial charge in [-0.05, 0) is 30.4 Å². The second-order valence-electron chi connectivity index (χ2n) is 5.33. The zero-order valence-electron chi connectivity index (χ0n) is 11.7. The van der Waals surface area contributed by atoms with Crippen LogP contribution in [0.3, 0.4) is 0 Å². The number of rotatable bonds is 1. The average molecular weight is 315 g/mol. The molecule has 2 aromatic rings. The second-order valence-corrected chi connectivity index (χ2v) is 5.33. The van der Waals surface area contributed by atoms with Crippen molar-refractivity contribution in [1.82, 2.24) is 0 Å². The van der Waals surface area contributed by atoms with Crippen LogP contribution >= 0.6 is 0 Å². The first-order chi connectivity index (χ1) is 10.3. The lowest BCUT2D eigenvalue weighted by atomic mass is 9.87.